The van der Waals surface area contributed by atoms with Gasteiger partial charge in [0.25, 0.3) is 0 Å². The molecule has 2 saturated carbocycles. The van der Waals surface area contributed by atoms with Crippen LogP contribution in [0.2, 0.25) is 0 Å². The van der Waals surface area contributed by atoms with Crippen LogP contribution in [-0.4, -0.2) is 5.78 Å². The zero-order valence-corrected chi connectivity index (χ0v) is 7.85. The minimum atomic E-state index is 0.282. The van der Waals surface area contributed by atoms with Gasteiger partial charge in [0.05, 0.1) is 0 Å². The molecular weight excluding hydrogens is 150 g/mol. The van der Waals surface area contributed by atoms with Crippen LogP contribution in [0.15, 0.2) is 11.3 Å². The van der Waals surface area contributed by atoms with Gasteiger partial charge in [-0.05, 0) is 24.2 Å². The van der Waals surface area contributed by atoms with E-state index in [2.05, 4.69) is 13.8 Å². The second-order valence-corrected chi connectivity index (χ2v) is 4.63. The zero-order chi connectivity index (χ0) is 9.09. The number of allylic oxidation sites excluding steroid dienone is 2. The summed E-state index contributed by atoms with van der Waals surface area (Å²) in [6.07, 6.45) is 0.724. The van der Waals surface area contributed by atoms with Crippen LogP contribution in [0.3, 0.4) is 0 Å². The standard InChI is InChI=1S/C10H15NO/c1-5(11)8-7(12)4-6-9(8)10(6,2)3/h6,9H,4,11H2,1-3H3. The smallest absolute Gasteiger partial charge is 0.161 e. The number of carbonyl (C=O) groups excluding carboxylic acids is 1. The van der Waals surface area contributed by atoms with Gasteiger partial charge < -0.3 is 5.73 Å². The molecule has 2 N–H and O–H groups in total. The molecule has 2 fully saturated rings. The molecule has 2 nitrogen and oxygen atoms in total. The van der Waals surface area contributed by atoms with Crippen LogP contribution in [0.5, 0.6) is 0 Å². The van der Waals surface area contributed by atoms with Crippen LogP contribution < -0.4 is 5.73 Å². The van der Waals surface area contributed by atoms with Gasteiger partial charge in [-0.25, -0.2) is 0 Å². The number of rotatable bonds is 0. The van der Waals surface area contributed by atoms with Crippen LogP contribution >= 0.6 is 0 Å². The minimum absolute atomic E-state index is 0.282. The van der Waals surface area contributed by atoms with Crippen molar-refractivity contribution in [1.29, 1.82) is 0 Å². The fourth-order valence-corrected chi connectivity index (χ4v) is 2.65. The van der Waals surface area contributed by atoms with Gasteiger partial charge in [0.15, 0.2) is 5.78 Å². The van der Waals surface area contributed by atoms with Crippen molar-refractivity contribution in [2.75, 3.05) is 0 Å². The molecule has 2 atom stereocenters. The van der Waals surface area contributed by atoms with E-state index in [9.17, 15) is 4.79 Å². The Bertz CT molecular complexity index is 284. The second kappa shape index (κ2) is 1.93. The lowest BCUT2D eigenvalue weighted by Crippen LogP contribution is -2.12. The first kappa shape index (κ1) is 7.84. The van der Waals surface area contributed by atoms with Crippen molar-refractivity contribution in [3.63, 3.8) is 0 Å². The lowest BCUT2D eigenvalue weighted by Gasteiger charge is -2.09. The van der Waals surface area contributed by atoms with Crippen LogP contribution in [-0.2, 0) is 4.79 Å². The van der Waals surface area contributed by atoms with Gasteiger partial charge in [-0.2, -0.15) is 0 Å². The van der Waals surface area contributed by atoms with E-state index in [0.717, 1.165) is 17.7 Å². The van der Waals surface area contributed by atoms with Crippen molar-refractivity contribution in [3.05, 3.63) is 11.3 Å². The monoisotopic (exact) mass is 165 g/mol. The lowest BCUT2D eigenvalue weighted by atomic mass is 9.95. The third kappa shape index (κ3) is 0.728. The summed E-state index contributed by atoms with van der Waals surface area (Å²) in [5.74, 6) is 1.33. The van der Waals surface area contributed by atoms with Gasteiger partial charge in [0.2, 0.25) is 0 Å². The molecule has 0 aromatic heterocycles. The summed E-state index contributed by atoms with van der Waals surface area (Å²) in [5.41, 5.74) is 7.68. The van der Waals surface area contributed by atoms with Crippen molar-refractivity contribution >= 4 is 5.78 Å². The summed E-state index contributed by atoms with van der Waals surface area (Å²) < 4.78 is 0. The number of fused-ring (bicyclic) bond motifs is 1. The van der Waals surface area contributed by atoms with Gasteiger partial charge in [0, 0.05) is 17.7 Å². The molecule has 2 aliphatic rings. The topological polar surface area (TPSA) is 43.1 Å². The van der Waals surface area contributed by atoms with E-state index in [-0.39, 0.29) is 5.78 Å². The van der Waals surface area contributed by atoms with E-state index in [1.807, 2.05) is 6.92 Å². The predicted molar refractivity (Wildman–Crippen MR) is 47.3 cm³/mol. The molecule has 0 radical (unpaired) electrons. The molecule has 2 heteroatoms. The second-order valence-electron chi connectivity index (χ2n) is 4.63. The highest BCUT2D eigenvalue weighted by Gasteiger charge is 2.65. The average Bonchev–Trinajstić information content (AvgIpc) is 2.40. The number of hydrogen-bond acceptors (Lipinski definition) is 2. The quantitative estimate of drug-likeness (QED) is 0.552. The SMILES string of the molecule is CC(N)=C1C(=O)CC2C1C2(C)C. The van der Waals surface area contributed by atoms with E-state index in [1.165, 1.54) is 0 Å². The minimum Gasteiger partial charge on any atom is -0.402 e. The van der Waals surface area contributed by atoms with Crippen molar-refractivity contribution < 1.29 is 4.79 Å². The van der Waals surface area contributed by atoms with E-state index >= 15 is 0 Å². The number of ketones is 1. The van der Waals surface area contributed by atoms with Crippen molar-refractivity contribution in [2.45, 2.75) is 27.2 Å². The molecular formula is C10H15NO. The largest absolute Gasteiger partial charge is 0.402 e. The Hall–Kier alpha value is -0.790. The summed E-state index contributed by atoms with van der Waals surface area (Å²) in [7, 11) is 0. The normalized spacial score (nSPS) is 41.1. The molecule has 0 spiro atoms. The fourth-order valence-electron chi connectivity index (χ4n) is 2.65. The third-order valence-corrected chi connectivity index (χ3v) is 3.49. The van der Waals surface area contributed by atoms with Gasteiger partial charge in [0.1, 0.15) is 0 Å². The molecule has 0 aliphatic heterocycles. The predicted octanol–water partition coefficient (Wildman–Crippen LogP) is 1.46. The Kier molecular flexibility index (Phi) is 1.26. The van der Waals surface area contributed by atoms with Crippen LogP contribution in [0.4, 0.5) is 0 Å². The van der Waals surface area contributed by atoms with E-state index in [0.29, 0.717) is 17.3 Å². The number of Topliss-reactive ketones (excluding diaryl/α,β-unsaturated/α-hetero) is 1. The number of hydrogen-bond donors (Lipinski definition) is 1. The van der Waals surface area contributed by atoms with Gasteiger partial charge >= 0.3 is 0 Å². The van der Waals surface area contributed by atoms with Gasteiger partial charge in [-0.15, -0.1) is 0 Å². The van der Waals surface area contributed by atoms with Crippen LogP contribution in [0.25, 0.3) is 0 Å². The molecule has 2 aliphatic carbocycles. The molecule has 66 valence electrons. The van der Waals surface area contributed by atoms with Crippen molar-refractivity contribution in [1.82, 2.24) is 0 Å². The first-order chi connectivity index (χ1) is 5.46. The lowest BCUT2D eigenvalue weighted by molar-refractivity contribution is -0.115. The fraction of sp³-hybridized carbons (Fsp3) is 0.700. The summed E-state index contributed by atoms with van der Waals surface area (Å²) in [6.45, 7) is 6.28. The Labute approximate surface area is 72.8 Å². The molecule has 0 bridgehead atoms. The third-order valence-electron chi connectivity index (χ3n) is 3.49. The Morgan fingerprint density at radius 3 is 2.50 bits per heavy atom. The average molecular weight is 165 g/mol. The number of nitrogens with two attached hydrogens (primary N) is 1. The Balaban J connectivity index is 2.37. The molecule has 0 saturated heterocycles. The summed E-state index contributed by atoms with van der Waals surface area (Å²) in [5, 5.41) is 0. The molecule has 2 rings (SSSR count). The van der Waals surface area contributed by atoms with Crippen LogP contribution in [0, 0.1) is 17.3 Å². The van der Waals surface area contributed by atoms with Crippen LogP contribution in [0.1, 0.15) is 27.2 Å². The first-order valence-corrected chi connectivity index (χ1v) is 4.45. The molecule has 0 heterocycles. The maximum absolute atomic E-state index is 11.4. The Morgan fingerprint density at radius 2 is 2.17 bits per heavy atom. The molecule has 12 heavy (non-hydrogen) atoms. The molecule has 0 aromatic carbocycles. The highest BCUT2D eigenvalue weighted by molar-refractivity contribution is 6.01. The first-order valence-electron chi connectivity index (χ1n) is 4.45. The Morgan fingerprint density at radius 1 is 1.58 bits per heavy atom. The summed E-state index contributed by atoms with van der Waals surface area (Å²) in [4.78, 5) is 11.4. The maximum atomic E-state index is 11.4. The van der Waals surface area contributed by atoms with Gasteiger partial charge in [-0.3, -0.25) is 4.79 Å². The van der Waals surface area contributed by atoms with E-state index < -0.39 is 0 Å². The summed E-state index contributed by atoms with van der Waals surface area (Å²) >= 11 is 0. The van der Waals surface area contributed by atoms with Gasteiger partial charge in [-0.1, -0.05) is 13.8 Å². The van der Waals surface area contributed by atoms with E-state index in [4.69, 9.17) is 5.73 Å². The summed E-state index contributed by atoms with van der Waals surface area (Å²) in [6, 6.07) is 0. The number of carbonyl (C=O) groups is 1. The molecule has 0 aromatic rings. The highest BCUT2D eigenvalue weighted by Crippen LogP contribution is 2.67. The van der Waals surface area contributed by atoms with E-state index in [1.54, 1.807) is 0 Å². The maximum Gasteiger partial charge on any atom is 0.161 e. The zero-order valence-electron chi connectivity index (χ0n) is 7.85. The van der Waals surface area contributed by atoms with Crippen molar-refractivity contribution in [2.24, 2.45) is 23.0 Å². The van der Waals surface area contributed by atoms with Crippen molar-refractivity contribution in [3.8, 4) is 0 Å². The molecule has 0 amide bonds. The highest BCUT2D eigenvalue weighted by atomic mass is 16.1. The molecule has 2 unspecified atom stereocenters.